The van der Waals surface area contributed by atoms with Gasteiger partial charge < -0.3 is 22.7 Å². The first-order chi connectivity index (χ1) is 5.79. The van der Waals surface area contributed by atoms with Gasteiger partial charge in [0, 0.05) is 0 Å². The molecule has 0 amide bonds. The Labute approximate surface area is 103 Å². The van der Waals surface area contributed by atoms with E-state index >= 15 is 0 Å². The molecule has 0 aromatic carbocycles. The smallest absolute Gasteiger partial charge is 0.304 e. The summed E-state index contributed by atoms with van der Waals surface area (Å²) in [5.74, 6) is 0. The van der Waals surface area contributed by atoms with E-state index in [1.54, 1.807) is 22.7 Å². The van der Waals surface area contributed by atoms with E-state index in [2.05, 4.69) is 35.4 Å². The molecular weight excluding hydrogens is 232 g/mol. The molecule has 66 valence electrons. The maximum atomic E-state index is 2.97. The first-order valence-electron chi connectivity index (χ1n) is 3.61. The van der Waals surface area contributed by atoms with Gasteiger partial charge in [0.1, 0.15) is 0 Å². The Morgan fingerprint density at radius 1 is 0.923 bits per heavy atom. The van der Waals surface area contributed by atoms with Crippen LogP contribution in [0.1, 0.15) is 11.1 Å². The van der Waals surface area contributed by atoms with Crippen LogP contribution < -0.4 is 0 Å². The molecule has 2 heterocycles. The van der Waals surface area contributed by atoms with Gasteiger partial charge in [-0.25, -0.2) is 0 Å². The standard InChI is InChI=1S/2C5H5S.Ti/c2*1-5-2-3-6-4-5;/h2*2,4H,1H3;/q2*-1;+2. The predicted molar refractivity (Wildman–Crippen MR) is 55.8 cm³/mol. The number of aryl methyl sites for hydroxylation is 2. The van der Waals surface area contributed by atoms with Crippen molar-refractivity contribution in [3.8, 4) is 0 Å². The topological polar surface area (TPSA) is 0 Å². The van der Waals surface area contributed by atoms with E-state index in [4.69, 9.17) is 0 Å². The average Bonchev–Trinajstić information content (AvgIpc) is 2.63. The Kier molecular flexibility index (Phi) is 7.58. The third-order valence-electron chi connectivity index (χ3n) is 1.20. The molecule has 0 saturated heterocycles. The number of hydrogen-bond donors (Lipinski definition) is 0. The van der Waals surface area contributed by atoms with Crippen LogP contribution in [0.5, 0.6) is 0 Å². The predicted octanol–water partition coefficient (Wildman–Crippen LogP) is 3.71. The van der Waals surface area contributed by atoms with Crippen molar-refractivity contribution in [2.45, 2.75) is 13.8 Å². The van der Waals surface area contributed by atoms with E-state index in [1.807, 2.05) is 12.1 Å². The summed E-state index contributed by atoms with van der Waals surface area (Å²) in [5.41, 5.74) is 2.61. The summed E-state index contributed by atoms with van der Waals surface area (Å²) >= 11 is 3.23. The molecule has 0 unspecified atom stereocenters. The molecule has 0 aliphatic rings. The Bertz CT molecular complexity index is 252. The van der Waals surface area contributed by atoms with Gasteiger partial charge in [-0.05, 0) is 0 Å². The molecule has 0 atom stereocenters. The molecule has 0 radical (unpaired) electrons. The fraction of sp³-hybridized carbons (Fsp3) is 0.200. The zero-order valence-corrected chi connectivity index (χ0v) is 10.8. The Balaban J connectivity index is 0.000000206. The van der Waals surface area contributed by atoms with E-state index in [0.717, 1.165) is 0 Å². The van der Waals surface area contributed by atoms with Crippen LogP contribution in [0.3, 0.4) is 0 Å². The van der Waals surface area contributed by atoms with Crippen LogP contribution in [0.15, 0.2) is 22.9 Å². The second-order valence-corrected chi connectivity index (χ2v) is 3.90. The largest absolute Gasteiger partial charge is 2.00 e. The molecule has 2 rings (SSSR count). The molecule has 13 heavy (non-hydrogen) atoms. The molecule has 0 aliphatic carbocycles. The minimum Gasteiger partial charge on any atom is -0.304 e. The van der Waals surface area contributed by atoms with Gasteiger partial charge >= 0.3 is 21.7 Å². The van der Waals surface area contributed by atoms with Gasteiger partial charge in [-0.15, -0.1) is 10.8 Å². The molecule has 0 saturated carbocycles. The van der Waals surface area contributed by atoms with Crippen LogP contribution in [0.4, 0.5) is 0 Å². The van der Waals surface area contributed by atoms with Crippen molar-refractivity contribution in [3.05, 3.63) is 44.8 Å². The molecule has 0 aliphatic heterocycles. The van der Waals surface area contributed by atoms with Crippen molar-refractivity contribution in [2.75, 3.05) is 0 Å². The second kappa shape index (κ2) is 7.51. The van der Waals surface area contributed by atoms with Gasteiger partial charge in [-0.2, -0.15) is 34.0 Å². The molecule has 2 aromatic heterocycles. The molecule has 2 aromatic rings. The average molecular weight is 242 g/mol. The van der Waals surface area contributed by atoms with Crippen LogP contribution in [0, 0.1) is 24.6 Å². The molecule has 0 N–H and O–H groups in total. The molecule has 0 spiro atoms. The van der Waals surface area contributed by atoms with Crippen molar-refractivity contribution in [1.29, 1.82) is 0 Å². The van der Waals surface area contributed by atoms with Gasteiger partial charge in [-0.1, -0.05) is 13.8 Å². The first-order valence-corrected chi connectivity index (χ1v) is 5.37. The first kappa shape index (κ1) is 13.1. The van der Waals surface area contributed by atoms with Gasteiger partial charge in [0.2, 0.25) is 0 Å². The van der Waals surface area contributed by atoms with Gasteiger partial charge in [-0.3, -0.25) is 0 Å². The monoisotopic (exact) mass is 242 g/mol. The maximum Gasteiger partial charge on any atom is 2.00 e. The van der Waals surface area contributed by atoms with E-state index < -0.39 is 0 Å². The van der Waals surface area contributed by atoms with E-state index in [9.17, 15) is 0 Å². The van der Waals surface area contributed by atoms with Crippen LogP contribution in [0.2, 0.25) is 0 Å². The summed E-state index contributed by atoms with van der Waals surface area (Å²) in [6, 6.07) is 3.95. The minimum absolute atomic E-state index is 0. The van der Waals surface area contributed by atoms with Crippen LogP contribution in [-0.4, -0.2) is 0 Å². The Morgan fingerprint density at radius 3 is 1.38 bits per heavy atom. The van der Waals surface area contributed by atoms with Crippen molar-refractivity contribution in [3.63, 3.8) is 0 Å². The fourth-order valence-electron chi connectivity index (χ4n) is 0.576. The van der Waals surface area contributed by atoms with Crippen LogP contribution >= 0.6 is 22.7 Å². The summed E-state index contributed by atoms with van der Waals surface area (Å²) in [7, 11) is 0. The van der Waals surface area contributed by atoms with E-state index in [-0.39, 0.29) is 21.7 Å². The summed E-state index contributed by atoms with van der Waals surface area (Å²) in [5, 5.41) is 10.1. The summed E-state index contributed by atoms with van der Waals surface area (Å²) in [4.78, 5) is 0. The number of hydrogen-bond acceptors (Lipinski definition) is 2. The van der Waals surface area contributed by atoms with E-state index in [1.165, 1.54) is 11.1 Å². The normalized spacial score (nSPS) is 8.15. The summed E-state index contributed by atoms with van der Waals surface area (Å²) < 4.78 is 0. The van der Waals surface area contributed by atoms with Gasteiger partial charge in [0.25, 0.3) is 0 Å². The van der Waals surface area contributed by atoms with Gasteiger partial charge in [0.15, 0.2) is 0 Å². The minimum atomic E-state index is 0. The summed E-state index contributed by atoms with van der Waals surface area (Å²) in [6.45, 7) is 4.12. The SMILES string of the molecule is Cc1c[c-]sc1.Cc1c[c-]sc1.[Ti+2]. The number of thiophene rings is 2. The van der Waals surface area contributed by atoms with Crippen molar-refractivity contribution in [2.24, 2.45) is 0 Å². The number of rotatable bonds is 0. The van der Waals surface area contributed by atoms with Crippen LogP contribution in [-0.2, 0) is 21.7 Å². The third-order valence-corrected chi connectivity index (χ3v) is 2.69. The third kappa shape index (κ3) is 6.22. The zero-order chi connectivity index (χ0) is 8.81. The molecular formula is C10H10S2Ti. The maximum absolute atomic E-state index is 2.97. The summed E-state index contributed by atoms with van der Waals surface area (Å²) in [6.07, 6.45) is 0. The molecule has 3 heteroatoms. The molecule has 0 bridgehead atoms. The van der Waals surface area contributed by atoms with Gasteiger partial charge in [0.05, 0.1) is 0 Å². The quantitative estimate of drug-likeness (QED) is 0.488. The van der Waals surface area contributed by atoms with Crippen molar-refractivity contribution >= 4 is 22.7 Å². The van der Waals surface area contributed by atoms with Crippen molar-refractivity contribution in [1.82, 2.24) is 0 Å². The Morgan fingerprint density at radius 2 is 1.31 bits per heavy atom. The molecule has 0 fully saturated rings. The second-order valence-electron chi connectivity index (χ2n) is 2.48. The zero-order valence-electron chi connectivity index (χ0n) is 7.63. The fourth-order valence-corrected chi connectivity index (χ4v) is 1.73. The Hall–Kier alpha value is 0.114. The van der Waals surface area contributed by atoms with E-state index in [0.29, 0.717) is 0 Å². The van der Waals surface area contributed by atoms with Crippen LogP contribution in [0.25, 0.3) is 0 Å². The molecule has 0 nitrogen and oxygen atoms in total. The van der Waals surface area contributed by atoms with Crippen molar-refractivity contribution < 1.29 is 21.7 Å².